The molecular weight excluding hydrogens is 254 g/mol. The van der Waals surface area contributed by atoms with Gasteiger partial charge in [-0.05, 0) is 48.8 Å². The molecule has 0 aliphatic carbocycles. The maximum atomic E-state index is 4.28. The Morgan fingerprint density at radius 2 is 2.40 bits per heavy atom. The summed E-state index contributed by atoms with van der Waals surface area (Å²) in [6, 6.07) is 0.752. The Labute approximate surface area is 99.6 Å². The van der Waals surface area contributed by atoms with E-state index in [1.54, 1.807) is 0 Å². The summed E-state index contributed by atoms with van der Waals surface area (Å²) in [7, 11) is 2.24. The summed E-state index contributed by atoms with van der Waals surface area (Å²) in [6.07, 6.45) is 9.20. The molecule has 4 heteroatoms. The van der Waals surface area contributed by atoms with E-state index in [1.165, 1.54) is 32.2 Å². The van der Waals surface area contributed by atoms with Crippen molar-refractivity contribution in [3.05, 3.63) is 16.9 Å². The summed E-state index contributed by atoms with van der Waals surface area (Å²) < 4.78 is 3.09. The molecule has 1 fully saturated rings. The molecule has 1 unspecified atom stereocenters. The third-order valence-corrected chi connectivity index (χ3v) is 3.62. The van der Waals surface area contributed by atoms with Crippen LogP contribution in [0.25, 0.3) is 0 Å². The van der Waals surface area contributed by atoms with E-state index in [1.807, 2.05) is 17.1 Å². The molecule has 0 aromatic carbocycles. The van der Waals surface area contributed by atoms with Gasteiger partial charge in [-0.15, -0.1) is 0 Å². The summed E-state index contributed by atoms with van der Waals surface area (Å²) >= 11 is 3.42. The fourth-order valence-electron chi connectivity index (χ4n) is 2.25. The second kappa shape index (κ2) is 5.12. The third kappa shape index (κ3) is 3.05. The molecule has 15 heavy (non-hydrogen) atoms. The maximum Gasteiger partial charge on any atom is 0.0632 e. The smallest absolute Gasteiger partial charge is 0.0632 e. The molecule has 84 valence electrons. The lowest BCUT2D eigenvalue weighted by Crippen LogP contribution is -2.36. The van der Waals surface area contributed by atoms with E-state index in [-0.39, 0.29) is 0 Å². The highest BCUT2D eigenvalue weighted by Gasteiger charge is 2.18. The first-order chi connectivity index (χ1) is 7.25. The predicted octanol–water partition coefficient (Wildman–Crippen LogP) is 2.52. The van der Waals surface area contributed by atoms with Crippen LogP contribution in [0.15, 0.2) is 16.9 Å². The van der Waals surface area contributed by atoms with Crippen LogP contribution in [0.1, 0.15) is 25.7 Å². The number of nitrogens with zero attached hydrogens (tertiary/aromatic N) is 3. The van der Waals surface area contributed by atoms with Crippen LogP contribution in [-0.4, -0.2) is 34.3 Å². The van der Waals surface area contributed by atoms with Gasteiger partial charge in [0.25, 0.3) is 0 Å². The van der Waals surface area contributed by atoms with Gasteiger partial charge in [0.15, 0.2) is 0 Å². The first-order valence-electron chi connectivity index (χ1n) is 5.64. The fraction of sp³-hybridized carbons (Fsp3) is 0.727. The molecule has 0 N–H and O–H groups in total. The molecule has 0 spiro atoms. The Hall–Kier alpha value is -0.350. The minimum atomic E-state index is 0.752. The molecular formula is C11H18BrN3. The molecule has 1 atom stereocenters. The summed E-state index contributed by atoms with van der Waals surface area (Å²) in [4.78, 5) is 2.49. The van der Waals surface area contributed by atoms with Gasteiger partial charge in [-0.25, -0.2) is 0 Å². The van der Waals surface area contributed by atoms with E-state index in [9.17, 15) is 0 Å². The van der Waals surface area contributed by atoms with Gasteiger partial charge in [-0.1, -0.05) is 6.42 Å². The number of aromatic nitrogens is 2. The summed E-state index contributed by atoms with van der Waals surface area (Å²) in [5, 5.41) is 4.28. The summed E-state index contributed by atoms with van der Waals surface area (Å²) in [5.41, 5.74) is 0. The van der Waals surface area contributed by atoms with Crippen molar-refractivity contribution in [2.24, 2.45) is 0 Å². The van der Waals surface area contributed by atoms with Gasteiger partial charge in [0.1, 0.15) is 0 Å². The summed E-state index contributed by atoms with van der Waals surface area (Å²) in [5.74, 6) is 0. The number of halogens is 1. The monoisotopic (exact) mass is 271 g/mol. The Morgan fingerprint density at radius 1 is 1.53 bits per heavy atom. The van der Waals surface area contributed by atoms with Crippen LogP contribution in [0.2, 0.25) is 0 Å². The minimum absolute atomic E-state index is 0.752. The van der Waals surface area contributed by atoms with Crippen molar-refractivity contribution in [3.63, 3.8) is 0 Å². The second-order valence-corrected chi connectivity index (χ2v) is 5.26. The maximum absolute atomic E-state index is 4.28. The lowest BCUT2D eigenvalue weighted by molar-refractivity contribution is 0.169. The van der Waals surface area contributed by atoms with Crippen LogP contribution in [0, 0.1) is 0 Å². The molecule has 1 aromatic heterocycles. The van der Waals surface area contributed by atoms with Crippen molar-refractivity contribution < 1.29 is 0 Å². The van der Waals surface area contributed by atoms with Gasteiger partial charge in [0, 0.05) is 18.8 Å². The lowest BCUT2D eigenvalue weighted by Gasteiger charge is -2.32. The number of piperidine rings is 1. The van der Waals surface area contributed by atoms with Gasteiger partial charge in [-0.3, -0.25) is 4.68 Å². The standard InChI is InChI=1S/C11H18BrN3/c1-14-6-3-2-4-11(14)5-7-15-9-10(12)8-13-15/h8-9,11H,2-7H2,1H3. The van der Waals surface area contributed by atoms with Crippen molar-refractivity contribution in [1.82, 2.24) is 14.7 Å². The van der Waals surface area contributed by atoms with Crippen molar-refractivity contribution in [2.45, 2.75) is 38.3 Å². The highest BCUT2D eigenvalue weighted by Crippen LogP contribution is 2.18. The Bertz CT molecular complexity index is 311. The molecule has 2 rings (SSSR count). The van der Waals surface area contributed by atoms with Crippen LogP contribution >= 0.6 is 15.9 Å². The highest BCUT2D eigenvalue weighted by molar-refractivity contribution is 9.10. The fourth-order valence-corrected chi connectivity index (χ4v) is 2.58. The lowest BCUT2D eigenvalue weighted by atomic mass is 10.0. The zero-order chi connectivity index (χ0) is 10.7. The average Bonchev–Trinajstić information content (AvgIpc) is 2.63. The normalized spacial score (nSPS) is 23.2. The average molecular weight is 272 g/mol. The third-order valence-electron chi connectivity index (χ3n) is 3.21. The van der Waals surface area contributed by atoms with E-state index < -0.39 is 0 Å². The molecule has 0 saturated carbocycles. The highest BCUT2D eigenvalue weighted by atomic mass is 79.9. The quantitative estimate of drug-likeness (QED) is 0.843. The van der Waals surface area contributed by atoms with E-state index in [0.29, 0.717) is 0 Å². The molecule has 1 aromatic rings. The van der Waals surface area contributed by atoms with E-state index in [2.05, 4.69) is 33.0 Å². The van der Waals surface area contributed by atoms with Crippen molar-refractivity contribution in [1.29, 1.82) is 0 Å². The molecule has 2 heterocycles. The first-order valence-corrected chi connectivity index (χ1v) is 6.43. The van der Waals surface area contributed by atoms with Crippen molar-refractivity contribution >= 4 is 15.9 Å². The zero-order valence-electron chi connectivity index (χ0n) is 9.19. The zero-order valence-corrected chi connectivity index (χ0v) is 10.8. The van der Waals surface area contributed by atoms with Gasteiger partial charge in [-0.2, -0.15) is 5.10 Å². The SMILES string of the molecule is CN1CCCCC1CCn1cc(Br)cn1. The van der Waals surface area contributed by atoms with Crippen LogP contribution in [0.5, 0.6) is 0 Å². The minimum Gasteiger partial charge on any atom is -0.303 e. The van der Waals surface area contributed by atoms with Gasteiger partial charge in [0.2, 0.25) is 0 Å². The topological polar surface area (TPSA) is 21.1 Å². The number of hydrogen-bond donors (Lipinski definition) is 0. The van der Waals surface area contributed by atoms with Crippen LogP contribution in [-0.2, 0) is 6.54 Å². The number of likely N-dealkylation sites (tertiary alicyclic amines) is 1. The van der Waals surface area contributed by atoms with E-state index in [0.717, 1.165) is 17.1 Å². The summed E-state index contributed by atoms with van der Waals surface area (Å²) in [6.45, 7) is 2.29. The number of hydrogen-bond acceptors (Lipinski definition) is 2. The van der Waals surface area contributed by atoms with Crippen molar-refractivity contribution in [3.8, 4) is 0 Å². The Kier molecular flexibility index (Phi) is 3.81. The molecule has 1 saturated heterocycles. The molecule has 0 bridgehead atoms. The van der Waals surface area contributed by atoms with Crippen LogP contribution in [0.4, 0.5) is 0 Å². The molecule has 1 aliphatic rings. The van der Waals surface area contributed by atoms with Gasteiger partial charge in [0.05, 0.1) is 10.7 Å². The largest absolute Gasteiger partial charge is 0.303 e. The van der Waals surface area contributed by atoms with Crippen LogP contribution in [0.3, 0.4) is 0 Å². The molecule has 0 amide bonds. The Balaban J connectivity index is 1.81. The Morgan fingerprint density at radius 3 is 3.07 bits per heavy atom. The van der Waals surface area contributed by atoms with Crippen molar-refractivity contribution in [2.75, 3.05) is 13.6 Å². The number of rotatable bonds is 3. The number of aryl methyl sites for hydroxylation is 1. The van der Waals surface area contributed by atoms with E-state index in [4.69, 9.17) is 0 Å². The predicted molar refractivity (Wildman–Crippen MR) is 64.8 cm³/mol. The molecule has 0 radical (unpaired) electrons. The van der Waals surface area contributed by atoms with Gasteiger partial charge >= 0.3 is 0 Å². The molecule has 3 nitrogen and oxygen atoms in total. The second-order valence-electron chi connectivity index (χ2n) is 4.34. The first kappa shape index (κ1) is 11.1. The van der Waals surface area contributed by atoms with Gasteiger partial charge < -0.3 is 4.90 Å². The van der Waals surface area contributed by atoms with E-state index >= 15 is 0 Å². The molecule has 1 aliphatic heterocycles. The van der Waals surface area contributed by atoms with Crippen LogP contribution < -0.4 is 0 Å².